The SMILES string of the molecule is [B][C@@H]1O[C@H](CO)C(C)[C@@H]1O. The van der Waals surface area contributed by atoms with E-state index < -0.39 is 12.1 Å². The maximum absolute atomic E-state index is 9.21. The van der Waals surface area contributed by atoms with Gasteiger partial charge in [-0.1, -0.05) is 6.92 Å². The fourth-order valence-corrected chi connectivity index (χ4v) is 1.13. The van der Waals surface area contributed by atoms with Gasteiger partial charge in [-0.3, -0.25) is 0 Å². The molecule has 0 amide bonds. The van der Waals surface area contributed by atoms with Gasteiger partial charge in [-0.25, -0.2) is 0 Å². The van der Waals surface area contributed by atoms with Gasteiger partial charge < -0.3 is 14.9 Å². The molecule has 0 saturated carbocycles. The van der Waals surface area contributed by atoms with Crippen molar-refractivity contribution in [1.82, 2.24) is 0 Å². The van der Waals surface area contributed by atoms with Crippen LogP contribution in [0, 0.1) is 5.92 Å². The van der Waals surface area contributed by atoms with E-state index in [9.17, 15) is 5.11 Å². The maximum atomic E-state index is 9.21. The van der Waals surface area contributed by atoms with Crippen LogP contribution < -0.4 is 0 Å². The van der Waals surface area contributed by atoms with E-state index in [2.05, 4.69) is 0 Å². The van der Waals surface area contributed by atoms with Crippen LogP contribution in [0.25, 0.3) is 0 Å². The summed E-state index contributed by atoms with van der Waals surface area (Å²) in [7, 11) is 5.35. The van der Waals surface area contributed by atoms with E-state index in [0.717, 1.165) is 0 Å². The highest BCUT2D eigenvalue weighted by molar-refractivity contribution is 6.11. The number of hydrogen-bond donors (Lipinski definition) is 2. The van der Waals surface area contributed by atoms with Crippen LogP contribution in [0.4, 0.5) is 0 Å². The average Bonchev–Trinajstić information content (AvgIpc) is 2.17. The van der Waals surface area contributed by atoms with E-state index in [4.69, 9.17) is 17.7 Å². The van der Waals surface area contributed by atoms with Crippen LogP contribution in [-0.2, 0) is 4.74 Å². The molecule has 1 rings (SSSR count). The molecule has 1 aliphatic rings. The molecule has 0 aromatic heterocycles. The molecular formula is C6H11BO3. The predicted molar refractivity (Wildman–Crippen MR) is 36.7 cm³/mol. The van der Waals surface area contributed by atoms with Crippen molar-refractivity contribution >= 4 is 7.85 Å². The minimum absolute atomic E-state index is 0.0694. The zero-order valence-electron chi connectivity index (χ0n) is 5.90. The van der Waals surface area contributed by atoms with Gasteiger partial charge in [0.2, 0.25) is 0 Å². The van der Waals surface area contributed by atoms with Gasteiger partial charge in [0.05, 0.1) is 18.8 Å². The van der Waals surface area contributed by atoms with Crippen LogP contribution in [0.5, 0.6) is 0 Å². The van der Waals surface area contributed by atoms with Crippen molar-refractivity contribution in [3.8, 4) is 0 Å². The van der Waals surface area contributed by atoms with E-state index in [-0.39, 0.29) is 18.6 Å². The number of rotatable bonds is 1. The lowest BCUT2D eigenvalue weighted by molar-refractivity contribution is 0.0253. The fraction of sp³-hybridized carbons (Fsp3) is 1.00. The summed E-state index contributed by atoms with van der Waals surface area (Å²) in [4.78, 5) is 0. The largest absolute Gasteiger partial charge is 0.394 e. The van der Waals surface area contributed by atoms with Gasteiger partial charge in [-0.2, -0.15) is 0 Å². The zero-order valence-corrected chi connectivity index (χ0v) is 5.90. The first-order valence-electron chi connectivity index (χ1n) is 3.36. The summed E-state index contributed by atoms with van der Waals surface area (Å²) < 4.78 is 5.01. The van der Waals surface area contributed by atoms with E-state index in [0.29, 0.717) is 0 Å². The quantitative estimate of drug-likeness (QED) is 0.455. The Morgan fingerprint density at radius 1 is 1.60 bits per heavy atom. The summed E-state index contributed by atoms with van der Waals surface area (Å²) in [6.07, 6.45) is -0.942. The molecule has 1 heterocycles. The lowest BCUT2D eigenvalue weighted by Gasteiger charge is -2.11. The fourth-order valence-electron chi connectivity index (χ4n) is 1.13. The Balaban J connectivity index is 2.53. The lowest BCUT2D eigenvalue weighted by Crippen LogP contribution is -2.26. The normalized spacial score (nSPS) is 47.9. The van der Waals surface area contributed by atoms with Gasteiger partial charge in [0.1, 0.15) is 7.85 Å². The maximum Gasteiger partial charge on any atom is 0.112 e. The van der Waals surface area contributed by atoms with Gasteiger partial charge in [-0.05, 0) is 0 Å². The van der Waals surface area contributed by atoms with Crippen LogP contribution in [0.2, 0.25) is 0 Å². The first-order chi connectivity index (χ1) is 4.66. The lowest BCUT2D eigenvalue weighted by atomic mass is 9.89. The molecule has 0 spiro atoms. The van der Waals surface area contributed by atoms with E-state index in [1.807, 2.05) is 0 Å². The standard InChI is InChI=1S/C6H11BO3/c1-3-4(2-8)10-6(7)5(3)9/h3-6,8-9H,2H2,1H3/t3?,4-,5+,6-/m1/s1. The number of aliphatic hydroxyl groups excluding tert-OH is 2. The number of hydrogen-bond acceptors (Lipinski definition) is 3. The van der Waals surface area contributed by atoms with Crippen molar-refractivity contribution < 1.29 is 14.9 Å². The van der Waals surface area contributed by atoms with Crippen LogP contribution in [0.3, 0.4) is 0 Å². The third kappa shape index (κ3) is 1.19. The summed E-state index contributed by atoms with van der Waals surface area (Å²) in [5, 5.41) is 17.9. The van der Waals surface area contributed by atoms with Crippen LogP contribution in [0.15, 0.2) is 0 Å². The summed E-state index contributed by atoms with van der Waals surface area (Å²) in [6.45, 7) is 1.73. The molecule has 56 valence electrons. The Bertz CT molecular complexity index is 120. The summed E-state index contributed by atoms with van der Waals surface area (Å²) >= 11 is 0. The molecule has 4 atom stereocenters. The summed E-state index contributed by atoms with van der Waals surface area (Å²) in [5.74, 6) is -0.0694. The molecule has 0 aromatic carbocycles. The second kappa shape index (κ2) is 2.90. The molecule has 1 aliphatic heterocycles. The van der Waals surface area contributed by atoms with E-state index in [1.54, 1.807) is 6.92 Å². The van der Waals surface area contributed by atoms with Crippen molar-refractivity contribution in [2.24, 2.45) is 5.92 Å². The Morgan fingerprint density at radius 3 is 2.40 bits per heavy atom. The first-order valence-corrected chi connectivity index (χ1v) is 3.36. The smallest absolute Gasteiger partial charge is 0.112 e. The van der Waals surface area contributed by atoms with Crippen molar-refractivity contribution in [2.45, 2.75) is 25.1 Å². The van der Waals surface area contributed by atoms with Gasteiger partial charge in [0.15, 0.2) is 0 Å². The van der Waals surface area contributed by atoms with Crippen LogP contribution in [-0.4, -0.2) is 42.9 Å². The van der Waals surface area contributed by atoms with Gasteiger partial charge in [0.25, 0.3) is 0 Å². The highest BCUT2D eigenvalue weighted by Gasteiger charge is 2.36. The first kappa shape index (κ1) is 8.05. The molecule has 4 heteroatoms. The highest BCUT2D eigenvalue weighted by Crippen LogP contribution is 2.24. The molecule has 0 bridgehead atoms. The number of ether oxygens (including phenoxy) is 1. The molecule has 1 fully saturated rings. The molecule has 1 unspecified atom stereocenters. The molecule has 1 saturated heterocycles. The van der Waals surface area contributed by atoms with Crippen molar-refractivity contribution in [3.63, 3.8) is 0 Å². The molecular weight excluding hydrogens is 131 g/mol. The topological polar surface area (TPSA) is 49.7 Å². The monoisotopic (exact) mass is 142 g/mol. The Kier molecular flexibility index (Phi) is 2.34. The molecule has 0 aromatic rings. The molecule has 10 heavy (non-hydrogen) atoms. The average molecular weight is 142 g/mol. The van der Waals surface area contributed by atoms with E-state index in [1.165, 1.54) is 0 Å². The van der Waals surface area contributed by atoms with E-state index >= 15 is 0 Å². The molecule has 0 aliphatic carbocycles. The zero-order chi connectivity index (χ0) is 7.72. The summed E-state index contributed by atoms with van der Waals surface area (Å²) in [6, 6.07) is -0.632. The Labute approximate surface area is 61.4 Å². The minimum atomic E-state index is -0.642. The van der Waals surface area contributed by atoms with Crippen molar-refractivity contribution in [2.75, 3.05) is 6.61 Å². The third-order valence-corrected chi connectivity index (χ3v) is 1.97. The van der Waals surface area contributed by atoms with Crippen molar-refractivity contribution in [1.29, 1.82) is 0 Å². The Morgan fingerprint density at radius 2 is 2.20 bits per heavy atom. The van der Waals surface area contributed by atoms with Crippen molar-refractivity contribution in [3.05, 3.63) is 0 Å². The van der Waals surface area contributed by atoms with Crippen LogP contribution in [0.1, 0.15) is 6.92 Å². The molecule has 2 radical (unpaired) electrons. The highest BCUT2D eigenvalue weighted by atomic mass is 16.5. The predicted octanol–water partition coefficient (Wildman–Crippen LogP) is -1.13. The van der Waals surface area contributed by atoms with Gasteiger partial charge in [0, 0.05) is 11.9 Å². The Hall–Kier alpha value is -0.0551. The van der Waals surface area contributed by atoms with Gasteiger partial charge >= 0.3 is 0 Å². The molecule has 2 N–H and O–H groups in total. The second-order valence-corrected chi connectivity index (χ2v) is 2.67. The molecule has 3 nitrogen and oxygen atoms in total. The second-order valence-electron chi connectivity index (χ2n) is 2.67. The third-order valence-electron chi connectivity index (χ3n) is 1.97. The summed E-state index contributed by atoms with van der Waals surface area (Å²) in [5.41, 5.74) is 0. The minimum Gasteiger partial charge on any atom is -0.394 e. The van der Waals surface area contributed by atoms with Gasteiger partial charge in [-0.15, -0.1) is 0 Å². The van der Waals surface area contributed by atoms with Crippen LogP contribution >= 0.6 is 0 Å². The number of aliphatic hydroxyl groups is 2.